The molecule has 0 spiro atoms. The first-order valence-corrected chi connectivity index (χ1v) is 8.30. The molecule has 2 aliphatic heterocycles. The second-order valence-corrected chi connectivity index (χ2v) is 7.64. The number of aliphatic hydroxyl groups is 1. The van der Waals surface area contributed by atoms with E-state index in [-0.39, 0.29) is 30.4 Å². The van der Waals surface area contributed by atoms with E-state index in [1.807, 2.05) is 20.8 Å². The van der Waals surface area contributed by atoms with Crippen molar-refractivity contribution in [1.29, 1.82) is 0 Å². The van der Waals surface area contributed by atoms with Gasteiger partial charge in [-0.15, -0.1) is 0 Å². The van der Waals surface area contributed by atoms with Crippen LogP contribution in [0, 0.1) is 5.92 Å². The molecule has 6 nitrogen and oxygen atoms in total. The first kappa shape index (κ1) is 18.1. The largest absolute Gasteiger partial charge is 0.472 e. The Kier molecular flexibility index (Phi) is 5.57. The summed E-state index contributed by atoms with van der Waals surface area (Å²) in [5, 5.41) is 9.46. The van der Waals surface area contributed by atoms with E-state index in [9.17, 15) is 9.90 Å². The monoisotopic (exact) mass is 327 g/mol. The van der Waals surface area contributed by atoms with E-state index in [1.165, 1.54) is 0 Å². The third-order valence-electron chi connectivity index (χ3n) is 3.81. The highest BCUT2D eigenvalue weighted by Crippen LogP contribution is 2.30. The quantitative estimate of drug-likeness (QED) is 0.841. The van der Waals surface area contributed by atoms with Crippen molar-refractivity contribution in [3.63, 3.8) is 0 Å². The maximum Gasteiger partial charge on any atom is 0.413 e. The van der Waals surface area contributed by atoms with Crippen LogP contribution in [0.5, 0.6) is 0 Å². The summed E-state index contributed by atoms with van der Waals surface area (Å²) in [7, 11) is 0. The number of aliphatic hydroxyl groups excluding tert-OH is 1. The molecular formula is C17H29NO5. The molecule has 1 amide bonds. The molecule has 1 N–H and O–H groups in total. The summed E-state index contributed by atoms with van der Waals surface area (Å²) >= 11 is 0. The van der Waals surface area contributed by atoms with Gasteiger partial charge in [-0.25, -0.2) is 4.79 Å². The fourth-order valence-electron chi connectivity index (χ4n) is 3.08. The van der Waals surface area contributed by atoms with Gasteiger partial charge in [0.05, 0.1) is 17.7 Å². The second-order valence-electron chi connectivity index (χ2n) is 7.64. The molecule has 1 saturated heterocycles. The smallest absolute Gasteiger partial charge is 0.413 e. The molecule has 1 fully saturated rings. The molecule has 0 aromatic heterocycles. The number of carbonyl (C=O) groups is 1. The lowest BCUT2D eigenvalue weighted by molar-refractivity contribution is -0.104. The molecule has 2 rings (SSSR count). The van der Waals surface area contributed by atoms with E-state index in [0.717, 1.165) is 6.42 Å². The summed E-state index contributed by atoms with van der Waals surface area (Å²) in [6.45, 7) is 10.4. The van der Waals surface area contributed by atoms with Crippen LogP contribution < -0.4 is 0 Å². The molecule has 0 aromatic carbocycles. The van der Waals surface area contributed by atoms with Crippen molar-refractivity contribution < 1.29 is 24.1 Å². The van der Waals surface area contributed by atoms with Crippen molar-refractivity contribution in [2.24, 2.45) is 5.92 Å². The Morgan fingerprint density at radius 1 is 1.43 bits per heavy atom. The number of hydrogen-bond donors (Lipinski definition) is 1. The second kappa shape index (κ2) is 7.09. The fourth-order valence-corrected chi connectivity index (χ4v) is 3.08. The van der Waals surface area contributed by atoms with Crippen LogP contribution in [0.1, 0.15) is 47.5 Å². The average Bonchev–Trinajstić information content (AvgIpc) is 2.76. The van der Waals surface area contributed by atoms with Crippen molar-refractivity contribution in [3.05, 3.63) is 11.8 Å². The molecule has 2 heterocycles. The Morgan fingerprint density at radius 3 is 2.70 bits per heavy atom. The van der Waals surface area contributed by atoms with Gasteiger partial charge in [0.1, 0.15) is 19.0 Å². The molecule has 0 saturated carbocycles. The summed E-state index contributed by atoms with van der Waals surface area (Å²) in [6, 6.07) is 0.000768. The molecule has 0 aliphatic carbocycles. The zero-order valence-corrected chi connectivity index (χ0v) is 14.7. The lowest BCUT2D eigenvalue weighted by atomic mass is 10.0. The van der Waals surface area contributed by atoms with Gasteiger partial charge in [-0.2, -0.15) is 0 Å². The number of nitrogens with zero attached hydrogens (tertiary/aromatic N) is 1. The standard InChI is InChI=1S/C17H29NO5/c1-11(2)6-12-10-21-16(20)18(12)15-8-13(23-17(3,4)5)7-14(9-19)22-15/h7,11-13,15,19H,6,8-10H2,1-5H3/t12-,13+,15-/m0/s1. The van der Waals surface area contributed by atoms with Crippen molar-refractivity contribution in [1.82, 2.24) is 4.90 Å². The zero-order chi connectivity index (χ0) is 17.2. The van der Waals surface area contributed by atoms with Gasteiger partial charge in [-0.05, 0) is 39.2 Å². The Hall–Kier alpha value is -1.27. The molecule has 132 valence electrons. The number of rotatable bonds is 5. The van der Waals surface area contributed by atoms with Crippen LogP contribution in [0.4, 0.5) is 4.79 Å². The number of cyclic esters (lactones) is 1. The third-order valence-corrected chi connectivity index (χ3v) is 3.81. The molecule has 0 aromatic rings. The summed E-state index contributed by atoms with van der Waals surface area (Å²) in [5.41, 5.74) is -0.313. The Labute approximate surface area is 138 Å². The SMILES string of the molecule is CC(C)C[C@H]1COC(=O)N1[C@@H]1C[C@H](OC(C)(C)C)C=C(CO)O1. The molecular weight excluding hydrogens is 298 g/mol. The predicted molar refractivity (Wildman–Crippen MR) is 85.7 cm³/mol. The summed E-state index contributed by atoms with van der Waals surface area (Å²) in [5.74, 6) is 0.897. The van der Waals surface area contributed by atoms with E-state index in [1.54, 1.807) is 11.0 Å². The van der Waals surface area contributed by atoms with Gasteiger partial charge in [-0.1, -0.05) is 13.8 Å². The van der Waals surface area contributed by atoms with Crippen LogP contribution in [0.2, 0.25) is 0 Å². The van der Waals surface area contributed by atoms with E-state index in [0.29, 0.717) is 24.7 Å². The van der Waals surface area contributed by atoms with Crippen molar-refractivity contribution in [2.45, 2.75) is 71.4 Å². The summed E-state index contributed by atoms with van der Waals surface area (Å²) < 4.78 is 17.0. The van der Waals surface area contributed by atoms with E-state index < -0.39 is 6.23 Å². The molecule has 0 unspecified atom stereocenters. The normalized spacial score (nSPS) is 28.7. The van der Waals surface area contributed by atoms with E-state index in [2.05, 4.69) is 13.8 Å². The average molecular weight is 327 g/mol. The minimum Gasteiger partial charge on any atom is -0.472 e. The predicted octanol–water partition coefficient (Wildman–Crippen LogP) is 2.66. The molecule has 3 atom stereocenters. The Balaban J connectivity index is 2.14. The third kappa shape index (κ3) is 4.85. The van der Waals surface area contributed by atoms with Gasteiger partial charge in [0.25, 0.3) is 0 Å². The van der Waals surface area contributed by atoms with Crippen LogP contribution in [-0.4, -0.2) is 53.3 Å². The van der Waals surface area contributed by atoms with Crippen molar-refractivity contribution >= 4 is 6.09 Å². The number of ether oxygens (including phenoxy) is 3. The van der Waals surface area contributed by atoms with Crippen molar-refractivity contribution in [2.75, 3.05) is 13.2 Å². The molecule has 6 heteroatoms. The highest BCUT2D eigenvalue weighted by Gasteiger charge is 2.42. The van der Waals surface area contributed by atoms with Gasteiger partial charge in [0.2, 0.25) is 0 Å². The minimum absolute atomic E-state index is 0.000768. The summed E-state index contributed by atoms with van der Waals surface area (Å²) in [6.07, 6.45) is 2.16. The first-order chi connectivity index (χ1) is 10.7. The van der Waals surface area contributed by atoms with E-state index >= 15 is 0 Å². The maximum atomic E-state index is 12.2. The van der Waals surface area contributed by atoms with Gasteiger partial charge in [0.15, 0.2) is 6.23 Å². The topological polar surface area (TPSA) is 68.2 Å². The fraction of sp³-hybridized carbons (Fsp3) is 0.824. The van der Waals surface area contributed by atoms with Crippen LogP contribution in [-0.2, 0) is 14.2 Å². The van der Waals surface area contributed by atoms with Gasteiger partial charge < -0.3 is 19.3 Å². The lowest BCUT2D eigenvalue weighted by Crippen LogP contribution is -2.48. The highest BCUT2D eigenvalue weighted by molar-refractivity contribution is 5.70. The van der Waals surface area contributed by atoms with Crippen LogP contribution in [0.3, 0.4) is 0 Å². The highest BCUT2D eigenvalue weighted by atomic mass is 16.6. The molecule has 2 aliphatic rings. The van der Waals surface area contributed by atoms with Gasteiger partial charge in [0, 0.05) is 6.42 Å². The first-order valence-electron chi connectivity index (χ1n) is 8.30. The molecule has 0 bridgehead atoms. The lowest BCUT2D eigenvalue weighted by Gasteiger charge is -2.38. The number of hydrogen-bond acceptors (Lipinski definition) is 5. The number of amides is 1. The van der Waals surface area contributed by atoms with E-state index in [4.69, 9.17) is 14.2 Å². The van der Waals surface area contributed by atoms with Crippen molar-refractivity contribution in [3.8, 4) is 0 Å². The number of carbonyl (C=O) groups excluding carboxylic acids is 1. The summed E-state index contributed by atoms with van der Waals surface area (Å²) in [4.78, 5) is 13.8. The Bertz CT molecular complexity index is 454. The van der Waals surface area contributed by atoms with Crippen LogP contribution in [0.15, 0.2) is 11.8 Å². The zero-order valence-electron chi connectivity index (χ0n) is 14.7. The minimum atomic E-state index is -0.465. The van der Waals surface area contributed by atoms with Gasteiger partial charge in [-0.3, -0.25) is 4.90 Å². The van der Waals surface area contributed by atoms with Crippen LogP contribution in [0.25, 0.3) is 0 Å². The maximum absolute atomic E-state index is 12.2. The Morgan fingerprint density at radius 2 is 2.13 bits per heavy atom. The molecule has 0 radical (unpaired) electrons. The molecule has 23 heavy (non-hydrogen) atoms. The van der Waals surface area contributed by atoms with Crippen LogP contribution >= 0.6 is 0 Å². The van der Waals surface area contributed by atoms with Gasteiger partial charge >= 0.3 is 6.09 Å².